The second-order valence-corrected chi connectivity index (χ2v) is 5.41. The smallest absolute Gasteiger partial charge is 0.203 e. The second kappa shape index (κ2) is 5.87. The molecule has 2 rings (SSSR count). The summed E-state index contributed by atoms with van der Waals surface area (Å²) in [5, 5.41) is 3.41. The van der Waals surface area contributed by atoms with Crippen LogP contribution < -0.4 is 5.32 Å². The minimum atomic E-state index is 0.605. The summed E-state index contributed by atoms with van der Waals surface area (Å²) in [7, 11) is 0. The number of rotatable bonds is 5. The van der Waals surface area contributed by atoms with Gasteiger partial charge in [0.2, 0.25) is 5.95 Å². The number of nitrogens with one attached hydrogen (secondary N) is 1. The van der Waals surface area contributed by atoms with Crippen LogP contribution in [0.25, 0.3) is 0 Å². The average Bonchev–Trinajstić information content (AvgIpc) is 2.70. The first-order valence-electron chi connectivity index (χ1n) is 6.73. The molecule has 102 valence electrons. The Labute approximate surface area is 114 Å². The molecule has 0 aliphatic rings. The lowest BCUT2D eigenvalue weighted by Gasteiger charge is -2.12. The Balaban J connectivity index is 2.18. The molecule has 0 radical (unpaired) electrons. The number of hydrogen-bond donors (Lipinski definition) is 1. The van der Waals surface area contributed by atoms with Gasteiger partial charge in [-0.2, -0.15) is 0 Å². The number of hydrogen-bond acceptors (Lipinski definition) is 3. The standard InChI is InChI=1S/C15H22N4/c1-11(2)7-17-15-18-13(4)9-19(15)10-14-5-6-16-8-12(14)3/h5-6,8-9,11H,7,10H2,1-4H3,(H,17,18). The third kappa shape index (κ3) is 3.56. The summed E-state index contributed by atoms with van der Waals surface area (Å²) < 4.78 is 2.17. The molecule has 2 aromatic rings. The summed E-state index contributed by atoms with van der Waals surface area (Å²) in [6, 6.07) is 2.07. The van der Waals surface area contributed by atoms with Gasteiger partial charge in [-0.15, -0.1) is 0 Å². The van der Waals surface area contributed by atoms with E-state index in [-0.39, 0.29) is 0 Å². The van der Waals surface area contributed by atoms with E-state index in [1.54, 1.807) is 0 Å². The van der Waals surface area contributed by atoms with Crippen molar-refractivity contribution in [3.63, 3.8) is 0 Å². The summed E-state index contributed by atoms with van der Waals surface area (Å²) in [6.45, 7) is 10.3. The van der Waals surface area contributed by atoms with Crippen molar-refractivity contribution >= 4 is 5.95 Å². The number of imidazole rings is 1. The molecule has 0 amide bonds. The lowest BCUT2D eigenvalue weighted by molar-refractivity contribution is 0.676. The maximum absolute atomic E-state index is 4.54. The molecule has 4 nitrogen and oxygen atoms in total. The van der Waals surface area contributed by atoms with Crippen LogP contribution in [-0.4, -0.2) is 21.1 Å². The first kappa shape index (κ1) is 13.6. The Morgan fingerprint density at radius 2 is 2.11 bits per heavy atom. The first-order chi connectivity index (χ1) is 9.06. The zero-order valence-corrected chi connectivity index (χ0v) is 12.1. The van der Waals surface area contributed by atoms with Gasteiger partial charge in [-0.3, -0.25) is 4.98 Å². The summed E-state index contributed by atoms with van der Waals surface area (Å²) in [5.41, 5.74) is 3.53. The fourth-order valence-electron chi connectivity index (χ4n) is 1.97. The van der Waals surface area contributed by atoms with E-state index in [9.17, 15) is 0 Å². The number of pyridine rings is 1. The Hall–Kier alpha value is -1.84. The van der Waals surface area contributed by atoms with Gasteiger partial charge in [0.15, 0.2) is 0 Å². The molecule has 1 N–H and O–H groups in total. The number of aromatic nitrogens is 3. The average molecular weight is 258 g/mol. The normalized spacial score (nSPS) is 11.0. The summed E-state index contributed by atoms with van der Waals surface area (Å²) in [5.74, 6) is 1.55. The zero-order chi connectivity index (χ0) is 13.8. The van der Waals surface area contributed by atoms with Crippen molar-refractivity contribution in [1.82, 2.24) is 14.5 Å². The van der Waals surface area contributed by atoms with Crippen molar-refractivity contribution in [2.45, 2.75) is 34.2 Å². The van der Waals surface area contributed by atoms with Gasteiger partial charge in [0.05, 0.1) is 12.2 Å². The van der Waals surface area contributed by atoms with Crippen LogP contribution in [0.1, 0.15) is 30.7 Å². The topological polar surface area (TPSA) is 42.7 Å². The third-order valence-electron chi connectivity index (χ3n) is 3.04. The van der Waals surface area contributed by atoms with E-state index in [1.807, 2.05) is 19.3 Å². The van der Waals surface area contributed by atoms with E-state index in [4.69, 9.17) is 0 Å². The summed E-state index contributed by atoms with van der Waals surface area (Å²) in [4.78, 5) is 8.68. The van der Waals surface area contributed by atoms with E-state index in [0.29, 0.717) is 5.92 Å². The van der Waals surface area contributed by atoms with Gasteiger partial charge >= 0.3 is 0 Å². The van der Waals surface area contributed by atoms with Gasteiger partial charge in [-0.25, -0.2) is 4.98 Å². The molecule has 4 heteroatoms. The fourth-order valence-corrected chi connectivity index (χ4v) is 1.97. The predicted molar refractivity (Wildman–Crippen MR) is 78.4 cm³/mol. The highest BCUT2D eigenvalue weighted by atomic mass is 15.2. The molecule has 0 saturated heterocycles. The molecule has 0 fully saturated rings. The number of anilines is 1. The molecule has 0 saturated carbocycles. The van der Waals surface area contributed by atoms with E-state index in [1.165, 1.54) is 11.1 Å². The largest absolute Gasteiger partial charge is 0.355 e. The molecule has 2 aromatic heterocycles. The highest BCUT2D eigenvalue weighted by Gasteiger charge is 2.07. The van der Waals surface area contributed by atoms with Crippen LogP contribution in [0.5, 0.6) is 0 Å². The van der Waals surface area contributed by atoms with Crippen molar-refractivity contribution in [3.8, 4) is 0 Å². The van der Waals surface area contributed by atoms with E-state index in [2.05, 4.69) is 52.9 Å². The Bertz CT molecular complexity index is 543. The van der Waals surface area contributed by atoms with Crippen molar-refractivity contribution in [2.75, 3.05) is 11.9 Å². The molecular formula is C15H22N4. The van der Waals surface area contributed by atoms with Crippen molar-refractivity contribution in [3.05, 3.63) is 41.5 Å². The van der Waals surface area contributed by atoms with Crippen LogP contribution in [0.4, 0.5) is 5.95 Å². The maximum Gasteiger partial charge on any atom is 0.203 e. The molecular weight excluding hydrogens is 236 g/mol. The quantitative estimate of drug-likeness (QED) is 0.896. The molecule has 0 unspecified atom stereocenters. The number of aryl methyl sites for hydroxylation is 2. The van der Waals surface area contributed by atoms with Crippen LogP contribution >= 0.6 is 0 Å². The molecule has 2 heterocycles. The van der Waals surface area contributed by atoms with Crippen LogP contribution in [0.2, 0.25) is 0 Å². The van der Waals surface area contributed by atoms with Gasteiger partial charge in [-0.05, 0) is 37.0 Å². The van der Waals surface area contributed by atoms with E-state index >= 15 is 0 Å². The van der Waals surface area contributed by atoms with Gasteiger partial charge in [0, 0.05) is 25.1 Å². The van der Waals surface area contributed by atoms with Gasteiger partial charge in [0.25, 0.3) is 0 Å². The van der Waals surface area contributed by atoms with E-state index < -0.39 is 0 Å². The Morgan fingerprint density at radius 3 is 2.79 bits per heavy atom. The summed E-state index contributed by atoms with van der Waals surface area (Å²) in [6.07, 6.45) is 5.83. The monoisotopic (exact) mass is 258 g/mol. The molecule has 0 atom stereocenters. The highest BCUT2D eigenvalue weighted by Crippen LogP contribution is 2.14. The van der Waals surface area contributed by atoms with Crippen LogP contribution in [0, 0.1) is 19.8 Å². The Morgan fingerprint density at radius 1 is 1.32 bits per heavy atom. The van der Waals surface area contributed by atoms with Crippen LogP contribution in [0.3, 0.4) is 0 Å². The molecule has 0 aliphatic heterocycles. The first-order valence-corrected chi connectivity index (χ1v) is 6.73. The van der Waals surface area contributed by atoms with Crippen molar-refractivity contribution < 1.29 is 0 Å². The highest BCUT2D eigenvalue weighted by molar-refractivity contribution is 5.31. The zero-order valence-electron chi connectivity index (χ0n) is 12.1. The van der Waals surface area contributed by atoms with Crippen LogP contribution in [-0.2, 0) is 6.54 Å². The minimum Gasteiger partial charge on any atom is -0.355 e. The SMILES string of the molecule is Cc1cn(Cc2ccncc2C)c(NCC(C)C)n1. The van der Waals surface area contributed by atoms with Crippen molar-refractivity contribution in [2.24, 2.45) is 5.92 Å². The fraction of sp³-hybridized carbons (Fsp3) is 0.467. The maximum atomic E-state index is 4.54. The van der Waals surface area contributed by atoms with Gasteiger partial charge in [-0.1, -0.05) is 13.8 Å². The minimum absolute atomic E-state index is 0.605. The predicted octanol–water partition coefficient (Wildman–Crippen LogP) is 3.01. The molecule has 0 aromatic carbocycles. The van der Waals surface area contributed by atoms with E-state index in [0.717, 1.165) is 24.7 Å². The summed E-state index contributed by atoms with van der Waals surface area (Å²) >= 11 is 0. The van der Waals surface area contributed by atoms with Crippen LogP contribution in [0.15, 0.2) is 24.7 Å². The third-order valence-corrected chi connectivity index (χ3v) is 3.04. The molecule has 19 heavy (non-hydrogen) atoms. The van der Waals surface area contributed by atoms with Gasteiger partial charge < -0.3 is 9.88 Å². The lowest BCUT2D eigenvalue weighted by atomic mass is 10.1. The second-order valence-electron chi connectivity index (χ2n) is 5.41. The van der Waals surface area contributed by atoms with Gasteiger partial charge in [0.1, 0.15) is 0 Å². The molecule has 0 spiro atoms. The lowest BCUT2D eigenvalue weighted by Crippen LogP contribution is -2.13. The molecule has 0 bridgehead atoms. The Kier molecular flexibility index (Phi) is 4.20. The molecule has 0 aliphatic carbocycles. The number of nitrogens with zero attached hydrogens (tertiary/aromatic N) is 3. The van der Waals surface area contributed by atoms with Crippen molar-refractivity contribution in [1.29, 1.82) is 0 Å².